The van der Waals surface area contributed by atoms with E-state index in [2.05, 4.69) is 0 Å². The second-order valence-electron chi connectivity index (χ2n) is 5.98. The molecule has 0 radical (unpaired) electrons. The third kappa shape index (κ3) is 3.16. The first-order valence-electron chi connectivity index (χ1n) is 8.32. The number of benzene rings is 2. The minimum atomic E-state index is -0.712. The lowest BCUT2D eigenvalue weighted by atomic mass is 10.1. The molecule has 4 rings (SSSR count). The van der Waals surface area contributed by atoms with E-state index in [4.69, 9.17) is 19.5 Å². The van der Waals surface area contributed by atoms with Crippen LogP contribution < -0.4 is 10.2 Å². The van der Waals surface area contributed by atoms with E-state index >= 15 is 0 Å². The Morgan fingerprint density at radius 1 is 1.19 bits per heavy atom. The molecule has 1 amide bonds. The number of carbonyl (C=O) groups is 1. The van der Waals surface area contributed by atoms with Crippen molar-refractivity contribution < 1.29 is 19.2 Å². The zero-order valence-electron chi connectivity index (χ0n) is 14.5. The van der Waals surface area contributed by atoms with Gasteiger partial charge in [0.25, 0.3) is 0 Å². The Kier molecular flexibility index (Phi) is 4.35. The summed E-state index contributed by atoms with van der Waals surface area (Å²) in [5, 5.41) is 14.3. The molecule has 0 bridgehead atoms. The van der Waals surface area contributed by atoms with Gasteiger partial charge in [0.2, 0.25) is 0 Å². The Bertz CT molecular complexity index is 1100. The zero-order chi connectivity index (χ0) is 18.8. The van der Waals surface area contributed by atoms with Crippen LogP contribution in [0.25, 0.3) is 22.4 Å². The second-order valence-corrected chi connectivity index (χ2v) is 5.98. The molecule has 0 aliphatic carbocycles. The van der Waals surface area contributed by atoms with Crippen LogP contribution in [0.3, 0.4) is 0 Å². The SMILES string of the molecule is COc1ccc2c(-c3ccc(C(=O)NO)o3)nn(Cc3ccccc3)c2c1. The minimum Gasteiger partial charge on any atom is -0.497 e. The van der Waals surface area contributed by atoms with Crippen molar-refractivity contribution in [2.45, 2.75) is 6.54 Å². The fourth-order valence-electron chi connectivity index (χ4n) is 2.98. The number of carbonyl (C=O) groups excluding carboxylic acids is 1. The van der Waals surface area contributed by atoms with Crippen LogP contribution in [-0.2, 0) is 6.54 Å². The van der Waals surface area contributed by atoms with Crippen molar-refractivity contribution in [2.24, 2.45) is 0 Å². The molecule has 27 heavy (non-hydrogen) atoms. The Morgan fingerprint density at radius 2 is 2.00 bits per heavy atom. The first-order chi connectivity index (χ1) is 13.2. The molecular weight excluding hydrogens is 346 g/mol. The van der Waals surface area contributed by atoms with Gasteiger partial charge in [-0.05, 0) is 29.8 Å². The molecule has 4 aromatic rings. The predicted octanol–water partition coefficient (Wildman–Crippen LogP) is 3.47. The molecule has 0 saturated heterocycles. The molecular formula is C20H17N3O4. The summed E-state index contributed by atoms with van der Waals surface area (Å²) >= 11 is 0. The van der Waals surface area contributed by atoms with Crippen molar-refractivity contribution in [3.8, 4) is 17.2 Å². The number of furan rings is 1. The van der Waals surface area contributed by atoms with E-state index in [9.17, 15) is 4.79 Å². The Morgan fingerprint density at radius 3 is 2.74 bits per heavy atom. The van der Waals surface area contributed by atoms with E-state index in [-0.39, 0.29) is 5.76 Å². The third-order valence-corrected chi connectivity index (χ3v) is 4.30. The fraction of sp³-hybridized carbons (Fsp3) is 0.100. The number of amides is 1. The van der Waals surface area contributed by atoms with Crippen molar-refractivity contribution in [1.29, 1.82) is 0 Å². The standard InChI is InChI=1S/C20H17N3O4/c1-26-14-7-8-15-16(11-14)23(12-13-5-3-2-4-6-13)21-19(15)17-9-10-18(27-17)20(24)22-25/h2-11,25H,12H2,1H3,(H,22,24). The van der Waals surface area contributed by atoms with Crippen LogP contribution in [0.1, 0.15) is 16.1 Å². The minimum absolute atomic E-state index is 0.00627. The van der Waals surface area contributed by atoms with Gasteiger partial charge in [-0.15, -0.1) is 0 Å². The van der Waals surface area contributed by atoms with Gasteiger partial charge in [0, 0.05) is 11.5 Å². The molecule has 0 aliphatic heterocycles. The van der Waals surface area contributed by atoms with Gasteiger partial charge in [-0.25, -0.2) is 5.48 Å². The Balaban J connectivity index is 1.83. The van der Waals surface area contributed by atoms with Crippen LogP contribution in [0.5, 0.6) is 5.75 Å². The zero-order valence-corrected chi connectivity index (χ0v) is 14.5. The Labute approximate surface area is 154 Å². The van der Waals surface area contributed by atoms with Crippen LogP contribution in [0.4, 0.5) is 0 Å². The highest BCUT2D eigenvalue weighted by Gasteiger charge is 2.18. The van der Waals surface area contributed by atoms with Crippen LogP contribution in [0.2, 0.25) is 0 Å². The molecule has 136 valence electrons. The number of methoxy groups -OCH3 is 1. The van der Waals surface area contributed by atoms with E-state index in [1.807, 2.05) is 53.2 Å². The monoisotopic (exact) mass is 363 g/mol. The summed E-state index contributed by atoms with van der Waals surface area (Å²) in [4.78, 5) is 11.6. The number of nitrogens with one attached hydrogen (secondary N) is 1. The smallest absolute Gasteiger partial charge is 0.310 e. The van der Waals surface area contributed by atoms with Gasteiger partial charge in [0.15, 0.2) is 11.5 Å². The van der Waals surface area contributed by atoms with E-state index in [0.717, 1.165) is 22.2 Å². The average Bonchev–Trinajstić information content (AvgIpc) is 3.33. The highest BCUT2D eigenvalue weighted by atomic mass is 16.5. The number of hydrogen-bond acceptors (Lipinski definition) is 5. The van der Waals surface area contributed by atoms with Crippen molar-refractivity contribution in [2.75, 3.05) is 7.11 Å². The maximum Gasteiger partial charge on any atom is 0.310 e. The van der Waals surface area contributed by atoms with Crippen LogP contribution in [0.15, 0.2) is 65.1 Å². The van der Waals surface area contributed by atoms with Crippen LogP contribution in [0, 0.1) is 0 Å². The second kappa shape index (κ2) is 6.97. The molecule has 2 heterocycles. The number of fused-ring (bicyclic) bond motifs is 1. The number of rotatable bonds is 5. The lowest BCUT2D eigenvalue weighted by Crippen LogP contribution is -2.17. The third-order valence-electron chi connectivity index (χ3n) is 4.30. The fourth-order valence-corrected chi connectivity index (χ4v) is 2.98. The molecule has 2 aromatic heterocycles. The number of nitrogens with zero attached hydrogens (tertiary/aromatic N) is 2. The summed E-state index contributed by atoms with van der Waals surface area (Å²) in [7, 11) is 1.62. The van der Waals surface area contributed by atoms with E-state index in [1.165, 1.54) is 6.07 Å². The summed E-state index contributed by atoms with van der Waals surface area (Å²) in [6, 6.07) is 18.8. The maximum absolute atomic E-state index is 11.6. The van der Waals surface area contributed by atoms with Gasteiger partial charge in [-0.2, -0.15) is 5.10 Å². The first-order valence-corrected chi connectivity index (χ1v) is 8.32. The van der Waals surface area contributed by atoms with E-state index in [0.29, 0.717) is 18.0 Å². The Hall–Kier alpha value is -3.58. The molecule has 0 unspecified atom stereocenters. The summed E-state index contributed by atoms with van der Waals surface area (Å²) < 4.78 is 12.8. The van der Waals surface area contributed by atoms with Gasteiger partial charge in [-0.3, -0.25) is 14.7 Å². The van der Waals surface area contributed by atoms with Crippen LogP contribution in [-0.4, -0.2) is 28.0 Å². The molecule has 7 nitrogen and oxygen atoms in total. The maximum atomic E-state index is 11.6. The van der Waals surface area contributed by atoms with Gasteiger partial charge in [-0.1, -0.05) is 30.3 Å². The highest BCUT2D eigenvalue weighted by Crippen LogP contribution is 2.32. The van der Waals surface area contributed by atoms with Gasteiger partial charge < -0.3 is 9.15 Å². The van der Waals surface area contributed by atoms with Crippen LogP contribution >= 0.6 is 0 Å². The normalized spacial score (nSPS) is 10.9. The molecule has 7 heteroatoms. The lowest BCUT2D eigenvalue weighted by molar-refractivity contribution is 0.0677. The number of hydroxylamine groups is 1. The molecule has 0 spiro atoms. The van der Waals surface area contributed by atoms with E-state index in [1.54, 1.807) is 18.7 Å². The molecule has 2 aromatic carbocycles. The molecule has 2 N–H and O–H groups in total. The summed E-state index contributed by atoms with van der Waals surface area (Å²) in [5.74, 6) is 0.460. The molecule has 0 saturated carbocycles. The summed E-state index contributed by atoms with van der Waals surface area (Å²) in [6.07, 6.45) is 0. The van der Waals surface area contributed by atoms with Gasteiger partial charge in [0.1, 0.15) is 11.4 Å². The topological polar surface area (TPSA) is 89.5 Å². The van der Waals surface area contributed by atoms with Crippen molar-refractivity contribution in [3.05, 3.63) is 72.0 Å². The summed E-state index contributed by atoms with van der Waals surface area (Å²) in [6.45, 7) is 0.579. The molecule has 0 fully saturated rings. The van der Waals surface area contributed by atoms with Crippen molar-refractivity contribution >= 4 is 16.8 Å². The highest BCUT2D eigenvalue weighted by molar-refractivity contribution is 5.95. The quantitative estimate of drug-likeness (QED) is 0.419. The van der Waals surface area contributed by atoms with Crippen molar-refractivity contribution in [1.82, 2.24) is 15.3 Å². The molecule has 0 aliphatic rings. The molecule has 0 atom stereocenters. The number of hydrogen-bond donors (Lipinski definition) is 2. The first kappa shape index (κ1) is 16.9. The number of aromatic nitrogens is 2. The van der Waals surface area contributed by atoms with E-state index < -0.39 is 5.91 Å². The lowest BCUT2D eigenvalue weighted by Gasteiger charge is -2.05. The average molecular weight is 363 g/mol. The largest absolute Gasteiger partial charge is 0.497 e. The van der Waals surface area contributed by atoms with Crippen molar-refractivity contribution in [3.63, 3.8) is 0 Å². The summed E-state index contributed by atoms with van der Waals surface area (Å²) in [5.41, 5.74) is 4.17. The van der Waals surface area contributed by atoms with Gasteiger partial charge in [0.05, 0.1) is 19.2 Å². The number of ether oxygens (including phenoxy) is 1. The predicted molar refractivity (Wildman–Crippen MR) is 98.8 cm³/mol. The van der Waals surface area contributed by atoms with Gasteiger partial charge >= 0.3 is 5.91 Å².